The molecular formula is C10H5BrClNO2S. The first-order chi connectivity index (χ1) is 7.58. The topological polar surface area (TPSA) is 50.2 Å². The quantitative estimate of drug-likeness (QED) is 0.913. The summed E-state index contributed by atoms with van der Waals surface area (Å²) < 4.78 is 0.872. The number of halogens is 2. The highest BCUT2D eigenvalue weighted by molar-refractivity contribution is 9.10. The van der Waals surface area contributed by atoms with Crippen molar-refractivity contribution in [3.05, 3.63) is 38.8 Å². The third kappa shape index (κ3) is 2.26. The number of carboxylic acids is 1. The fourth-order valence-corrected chi connectivity index (χ4v) is 2.77. The average molecular weight is 319 g/mol. The molecule has 1 aromatic carbocycles. The molecule has 0 bridgehead atoms. The smallest absolute Gasteiger partial charge is 0.347 e. The van der Waals surface area contributed by atoms with Crippen molar-refractivity contribution in [1.29, 1.82) is 0 Å². The second-order valence-corrected chi connectivity index (χ2v) is 5.31. The number of benzene rings is 1. The van der Waals surface area contributed by atoms with Crippen molar-refractivity contribution in [3.63, 3.8) is 0 Å². The fourth-order valence-electron chi connectivity index (χ4n) is 1.16. The highest BCUT2D eigenvalue weighted by Gasteiger charge is 2.12. The Kier molecular flexibility index (Phi) is 3.28. The summed E-state index contributed by atoms with van der Waals surface area (Å²) in [4.78, 5) is 15.0. The number of aromatic carboxylic acids is 1. The number of hydrogen-bond donors (Lipinski definition) is 1. The maximum absolute atomic E-state index is 10.7. The van der Waals surface area contributed by atoms with E-state index in [-0.39, 0.29) is 4.88 Å². The van der Waals surface area contributed by atoms with Crippen molar-refractivity contribution < 1.29 is 9.90 Å². The molecule has 1 N–H and O–H groups in total. The molecule has 82 valence electrons. The van der Waals surface area contributed by atoms with Crippen LogP contribution < -0.4 is 0 Å². The molecular weight excluding hydrogens is 314 g/mol. The minimum atomic E-state index is -0.975. The van der Waals surface area contributed by atoms with Gasteiger partial charge in [-0.25, -0.2) is 9.78 Å². The Morgan fingerprint density at radius 3 is 2.81 bits per heavy atom. The van der Waals surface area contributed by atoms with Gasteiger partial charge in [0.15, 0.2) is 0 Å². The first-order valence-electron chi connectivity index (χ1n) is 4.22. The zero-order valence-corrected chi connectivity index (χ0v) is 10.9. The van der Waals surface area contributed by atoms with Gasteiger partial charge in [0, 0.05) is 10.0 Å². The van der Waals surface area contributed by atoms with E-state index in [2.05, 4.69) is 20.9 Å². The standard InChI is InChI=1S/C10H5BrClNO2S/c11-5-1-2-6(7(12)3-5)9-13-4-8(16-9)10(14)15/h1-4H,(H,14,15). The van der Waals surface area contributed by atoms with Crippen molar-refractivity contribution in [2.24, 2.45) is 0 Å². The Hall–Kier alpha value is -0.910. The summed E-state index contributed by atoms with van der Waals surface area (Å²) in [5, 5.41) is 9.94. The van der Waals surface area contributed by atoms with Gasteiger partial charge in [0.05, 0.1) is 11.2 Å². The van der Waals surface area contributed by atoms with E-state index < -0.39 is 5.97 Å². The zero-order valence-electron chi connectivity index (χ0n) is 7.78. The van der Waals surface area contributed by atoms with Crippen LogP contribution in [-0.2, 0) is 0 Å². The summed E-state index contributed by atoms with van der Waals surface area (Å²) in [6, 6.07) is 5.39. The number of carboxylic acid groups (broad SMARTS) is 1. The van der Waals surface area contributed by atoms with Crippen LogP contribution in [0.5, 0.6) is 0 Å². The summed E-state index contributed by atoms with van der Waals surface area (Å²) in [5.74, 6) is -0.975. The highest BCUT2D eigenvalue weighted by Crippen LogP contribution is 2.32. The number of rotatable bonds is 2. The molecule has 0 unspecified atom stereocenters. The van der Waals surface area contributed by atoms with Gasteiger partial charge in [-0.15, -0.1) is 11.3 Å². The zero-order chi connectivity index (χ0) is 11.7. The van der Waals surface area contributed by atoms with Gasteiger partial charge in [-0.2, -0.15) is 0 Å². The molecule has 0 aliphatic heterocycles. The predicted octanol–water partition coefficient (Wildman–Crippen LogP) is 3.92. The minimum Gasteiger partial charge on any atom is -0.477 e. The van der Waals surface area contributed by atoms with Crippen molar-refractivity contribution in [2.75, 3.05) is 0 Å². The second kappa shape index (κ2) is 4.53. The summed E-state index contributed by atoms with van der Waals surface area (Å²) in [6.45, 7) is 0. The molecule has 0 aliphatic carbocycles. The van der Waals surface area contributed by atoms with E-state index in [1.807, 2.05) is 6.07 Å². The molecule has 0 fully saturated rings. The number of aromatic nitrogens is 1. The first kappa shape index (κ1) is 11.6. The molecule has 0 saturated carbocycles. The summed E-state index contributed by atoms with van der Waals surface area (Å²) >= 11 is 10.4. The van der Waals surface area contributed by atoms with Crippen LogP contribution in [0.25, 0.3) is 10.6 Å². The van der Waals surface area contributed by atoms with Crippen molar-refractivity contribution >= 4 is 44.8 Å². The van der Waals surface area contributed by atoms with Crippen LogP contribution in [-0.4, -0.2) is 16.1 Å². The Balaban J connectivity index is 2.46. The third-order valence-electron chi connectivity index (χ3n) is 1.88. The SMILES string of the molecule is O=C(O)c1cnc(-c2ccc(Br)cc2Cl)s1. The first-order valence-corrected chi connectivity index (χ1v) is 6.21. The van der Waals surface area contributed by atoms with Gasteiger partial charge in [-0.1, -0.05) is 27.5 Å². The molecule has 0 amide bonds. The average Bonchev–Trinajstić information content (AvgIpc) is 2.66. The summed E-state index contributed by atoms with van der Waals surface area (Å²) in [5.41, 5.74) is 0.738. The fraction of sp³-hybridized carbons (Fsp3) is 0. The number of hydrogen-bond acceptors (Lipinski definition) is 3. The largest absolute Gasteiger partial charge is 0.477 e. The van der Waals surface area contributed by atoms with Crippen LogP contribution in [0.2, 0.25) is 5.02 Å². The maximum Gasteiger partial charge on any atom is 0.347 e. The minimum absolute atomic E-state index is 0.203. The van der Waals surface area contributed by atoms with Crippen molar-refractivity contribution in [3.8, 4) is 10.6 Å². The normalized spacial score (nSPS) is 10.4. The highest BCUT2D eigenvalue weighted by atomic mass is 79.9. The molecule has 2 aromatic rings. The molecule has 0 spiro atoms. The number of nitrogens with zero attached hydrogens (tertiary/aromatic N) is 1. The lowest BCUT2D eigenvalue weighted by Gasteiger charge is -1.99. The Morgan fingerprint density at radius 1 is 1.50 bits per heavy atom. The van der Waals surface area contributed by atoms with Gasteiger partial charge in [-0.05, 0) is 18.2 Å². The summed E-state index contributed by atoms with van der Waals surface area (Å²) in [7, 11) is 0. The van der Waals surface area contributed by atoms with Crippen LogP contribution in [0.15, 0.2) is 28.9 Å². The Labute approximate surface area is 109 Å². The van der Waals surface area contributed by atoms with Crippen LogP contribution in [0.1, 0.15) is 9.67 Å². The van der Waals surface area contributed by atoms with Gasteiger partial charge in [-0.3, -0.25) is 0 Å². The van der Waals surface area contributed by atoms with Crippen LogP contribution >= 0.6 is 38.9 Å². The molecule has 0 saturated heterocycles. The van der Waals surface area contributed by atoms with Gasteiger partial charge in [0.25, 0.3) is 0 Å². The van der Waals surface area contributed by atoms with Gasteiger partial charge in [0.1, 0.15) is 9.88 Å². The van der Waals surface area contributed by atoms with E-state index in [0.717, 1.165) is 21.4 Å². The second-order valence-electron chi connectivity index (χ2n) is 2.96. The molecule has 6 heteroatoms. The lowest BCUT2D eigenvalue weighted by atomic mass is 10.2. The van der Waals surface area contributed by atoms with E-state index in [0.29, 0.717) is 10.0 Å². The lowest BCUT2D eigenvalue weighted by molar-refractivity contribution is 0.0702. The van der Waals surface area contributed by atoms with Crippen molar-refractivity contribution in [2.45, 2.75) is 0 Å². The van der Waals surface area contributed by atoms with Crippen LogP contribution in [0.4, 0.5) is 0 Å². The molecule has 0 radical (unpaired) electrons. The van der Waals surface area contributed by atoms with Crippen LogP contribution in [0, 0.1) is 0 Å². The predicted molar refractivity (Wildman–Crippen MR) is 67.2 cm³/mol. The lowest BCUT2D eigenvalue weighted by Crippen LogP contribution is -1.89. The molecule has 1 heterocycles. The molecule has 3 nitrogen and oxygen atoms in total. The summed E-state index contributed by atoms with van der Waals surface area (Å²) in [6.07, 6.45) is 1.33. The van der Waals surface area contributed by atoms with Crippen LogP contribution in [0.3, 0.4) is 0 Å². The molecule has 1 aromatic heterocycles. The van der Waals surface area contributed by atoms with E-state index in [4.69, 9.17) is 16.7 Å². The molecule has 0 aliphatic rings. The number of thiazole rings is 1. The van der Waals surface area contributed by atoms with Gasteiger partial charge in [0.2, 0.25) is 0 Å². The van der Waals surface area contributed by atoms with E-state index in [1.165, 1.54) is 6.20 Å². The Morgan fingerprint density at radius 2 is 2.25 bits per heavy atom. The van der Waals surface area contributed by atoms with E-state index >= 15 is 0 Å². The van der Waals surface area contributed by atoms with Crippen molar-refractivity contribution in [1.82, 2.24) is 4.98 Å². The molecule has 0 atom stereocenters. The van der Waals surface area contributed by atoms with Gasteiger partial charge < -0.3 is 5.11 Å². The van der Waals surface area contributed by atoms with Gasteiger partial charge >= 0.3 is 5.97 Å². The third-order valence-corrected chi connectivity index (χ3v) is 3.70. The Bertz CT molecular complexity index is 556. The van der Waals surface area contributed by atoms with E-state index in [1.54, 1.807) is 12.1 Å². The van der Waals surface area contributed by atoms with E-state index in [9.17, 15) is 4.79 Å². The maximum atomic E-state index is 10.7. The molecule has 2 rings (SSSR count). The number of carbonyl (C=O) groups is 1. The monoisotopic (exact) mass is 317 g/mol. The molecule has 16 heavy (non-hydrogen) atoms.